The normalized spacial score (nSPS) is 12.7. The van der Waals surface area contributed by atoms with Crippen molar-refractivity contribution in [3.05, 3.63) is 75.8 Å². The first kappa shape index (κ1) is 20.3. The van der Waals surface area contributed by atoms with Crippen molar-refractivity contribution >= 4 is 27.5 Å². The Bertz CT molecular complexity index is 981. The van der Waals surface area contributed by atoms with Crippen molar-refractivity contribution in [1.82, 2.24) is 4.90 Å². The fourth-order valence-electron chi connectivity index (χ4n) is 2.48. The van der Waals surface area contributed by atoms with Crippen molar-refractivity contribution in [2.24, 2.45) is 0 Å². The Balaban J connectivity index is 2.16. The second-order valence-electron chi connectivity index (χ2n) is 6.12. The minimum Gasteiger partial charge on any atom is -0.335 e. The van der Waals surface area contributed by atoms with Crippen LogP contribution < -0.4 is 0 Å². The molecule has 0 spiro atoms. The molecule has 0 bridgehead atoms. The predicted octanol–water partition coefficient (Wildman–Crippen LogP) is 3.23. The van der Waals surface area contributed by atoms with Crippen molar-refractivity contribution in [1.29, 1.82) is 0 Å². The second-order valence-corrected chi connectivity index (χ2v) is 8.13. The Morgan fingerprint density at radius 1 is 1.15 bits per heavy atom. The molecule has 2 rings (SSSR count). The van der Waals surface area contributed by atoms with Gasteiger partial charge in [0.05, 0.1) is 21.4 Å². The molecule has 0 radical (unpaired) electrons. The summed E-state index contributed by atoms with van der Waals surface area (Å²) >= 11 is 0. The number of carbonyl (C=O) groups excluding carboxylic acids is 1. The minimum atomic E-state index is -3.28. The van der Waals surface area contributed by atoms with E-state index in [1.807, 2.05) is 6.92 Å². The standard InChI is InChI=1S/C19H20N2O5S/c1-14(15-8-11-17(12-9-15)27(3,25)26)20(2)19(22)13-10-16-6-4-5-7-18(16)21(23)24/h4-14H,1-3H3/b13-10+/t14-/m1/s1. The zero-order valence-corrected chi connectivity index (χ0v) is 16.0. The predicted molar refractivity (Wildman–Crippen MR) is 103 cm³/mol. The smallest absolute Gasteiger partial charge is 0.276 e. The first-order valence-electron chi connectivity index (χ1n) is 8.09. The van der Waals surface area contributed by atoms with E-state index in [4.69, 9.17) is 0 Å². The fraction of sp³-hybridized carbons (Fsp3) is 0.211. The average Bonchev–Trinajstić information content (AvgIpc) is 2.64. The quantitative estimate of drug-likeness (QED) is 0.430. The van der Waals surface area contributed by atoms with Crippen LogP contribution in [0.1, 0.15) is 24.1 Å². The molecule has 0 N–H and O–H groups in total. The molecule has 0 fully saturated rings. The van der Waals surface area contributed by atoms with E-state index in [9.17, 15) is 23.3 Å². The third-order valence-electron chi connectivity index (χ3n) is 4.26. The lowest BCUT2D eigenvalue weighted by molar-refractivity contribution is -0.385. The number of nitro groups is 1. The van der Waals surface area contributed by atoms with Gasteiger partial charge < -0.3 is 4.90 Å². The van der Waals surface area contributed by atoms with Gasteiger partial charge in [0.25, 0.3) is 5.69 Å². The summed E-state index contributed by atoms with van der Waals surface area (Å²) in [4.78, 5) is 24.6. The minimum absolute atomic E-state index is 0.0754. The Morgan fingerprint density at radius 2 is 1.74 bits per heavy atom. The summed E-state index contributed by atoms with van der Waals surface area (Å²) in [5.41, 5.74) is 1.04. The van der Waals surface area contributed by atoms with Crippen LogP contribution in [0.2, 0.25) is 0 Å². The summed E-state index contributed by atoms with van der Waals surface area (Å²) in [7, 11) is -1.67. The number of amides is 1. The van der Waals surface area contributed by atoms with Crippen molar-refractivity contribution in [2.45, 2.75) is 17.9 Å². The molecule has 142 valence electrons. The van der Waals surface area contributed by atoms with Gasteiger partial charge >= 0.3 is 0 Å². The molecule has 0 saturated carbocycles. The first-order chi connectivity index (χ1) is 12.6. The molecule has 0 unspecified atom stereocenters. The summed E-state index contributed by atoms with van der Waals surface area (Å²) in [6.45, 7) is 1.81. The van der Waals surface area contributed by atoms with Gasteiger partial charge in [-0.3, -0.25) is 14.9 Å². The summed E-state index contributed by atoms with van der Waals surface area (Å²) in [5.74, 6) is -0.326. The molecule has 27 heavy (non-hydrogen) atoms. The van der Waals surface area contributed by atoms with Crippen LogP contribution in [-0.2, 0) is 14.6 Å². The van der Waals surface area contributed by atoms with Gasteiger partial charge in [-0.1, -0.05) is 24.3 Å². The van der Waals surface area contributed by atoms with E-state index in [1.165, 1.54) is 35.3 Å². The lowest BCUT2D eigenvalue weighted by Crippen LogP contribution is -2.28. The van der Waals surface area contributed by atoms with E-state index < -0.39 is 14.8 Å². The molecule has 1 amide bonds. The maximum atomic E-state index is 12.4. The molecule has 2 aromatic rings. The third-order valence-corrected chi connectivity index (χ3v) is 5.39. The molecule has 0 aliphatic carbocycles. The van der Waals surface area contributed by atoms with Crippen LogP contribution in [0.4, 0.5) is 5.69 Å². The van der Waals surface area contributed by atoms with Gasteiger partial charge in [0.1, 0.15) is 0 Å². The molecule has 8 heteroatoms. The molecule has 1 atom stereocenters. The molecule has 0 heterocycles. The zero-order chi connectivity index (χ0) is 20.2. The monoisotopic (exact) mass is 388 g/mol. The van der Waals surface area contributed by atoms with E-state index >= 15 is 0 Å². The van der Waals surface area contributed by atoms with Crippen molar-refractivity contribution in [3.8, 4) is 0 Å². The summed E-state index contributed by atoms with van der Waals surface area (Å²) in [6.07, 6.45) is 3.83. The molecule has 2 aromatic carbocycles. The van der Waals surface area contributed by atoms with E-state index in [2.05, 4.69) is 0 Å². The topological polar surface area (TPSA) is 97.6 Å². The molecule has 0 aliphatic heterocycles. The van der Waals surface area contributed by atoms with E-state index in [0.29, 0.717) is 5.56 Å². The van der Waals surface area contributed by atoms with Gasteiger partial charge in [-0.05, 0) is 36.8 Å². The van der Waals surface area contributed by atoms with Crippen molar-refractivity contribution in [2.75, 3.05) is 13.3 Å². The Kier molecular flexibility index (Phi) is 6.12. The van der Waals surface area contributed by atoms with E-state index in [-0.39, 0.29) is 22.5 Å². The zero-order valence-electron chi connectivity index (χ0n) is 15.2. The maximum absolute atomic E-state index is 12.4. The van der Waals surface area contributed by atoms with E-state index in [0.717, 1.165) is 11.8 Å². The number of likely N-dealkylation sites (N-methyl/N-ethyl adjacent to an activating group) is 1. The highest BCUT2D eigenvalue weighted by Gasteiger charge is 2.17. The highest BCUT2D eigenvalue weighted by Crippen LogP contribution is 2.22. The number of para-hydroxylation sites is 1. The van der Waals surface area contributed by atoms with Gasteiger partial charge in [-0.2, -0.15) is 0 Å². The highest BCUT2D eigenvalue weighted by atomic mass is 32.2. The Morgan fingerprint density at radius 3 is 2.30 bits per heavy atom. The van der Waals surface area contributed by atoms with Gasteiger partial charge in [0.15, 0.2) is 9.84 Å². The van der Waals surface area contributed by atoms with Crippen LogP contribution in [0.5, 0.6) is 0 Å². The Hall–Kier alpha value is -3.00. The van der Waals surface area contributed by atoms with Gasteiger partial charge in [-0.25, -0.2) is 8.42 Å². The molecule has 0 aliphatic rings. The lowest BCUT2D eigenvalue weighted by Gasteiger charge is -2.24. The highest BCUT2D eigenvalue weighted by molar-refractivity contribution is 7.90. The first-order valence-corrected chi connectivity index (χ1v) is 9.98. The summed E-state index contributed by atoms with van der Waals surface area (Å²) in [6, 6.07) is 12.2. The van der Waals surface area contributed by atoms with Crippen LogP contribution in [0.3, 0.4) is 0 Å². The van der Waals surface area contributed by atoms with Crippen LogP contribution in [0, 0.1) is 10.1 Å². The molecule has 0 aromatic heterocycles. The third kappa shape index (κ3) is 5.01. The summed E-state index contributed by atoms with van der Waals surface area (Å²) < 4.78 is 23.1. The van der Waals surface area contributed by atoms with Crippen LogP contribution in [-0.4, -0.2) is 37.5 Å². The SMILES string of the molecule is C[C@H](c1ccc(S(C)(=O)=O)cc1)N(C)C(=O)/C=C/c1ccccc1[N+](=O)[O-]. The Labute approximate surface area is 158 Å². The largest absolute Gasteiger partial charge is 0.335 e. The number of carbonyl (C=O) groups is 1. The number of nitrogens with zero attached hydrogens (tertiary/aromatic N) is 2. The van der Waals surface area contributed by atoms with Gasteiger partial charge in [-0.15, -0.1) is 0 Å². The number of hydrogen-bond acceptors (Lipinski definition) is 5. The maximum Gasteiger partial charge on any atom is 0.276 e. The molecular weight excluding hydrogens is 368 g/mol. The molecule has 7 nitrogen and oxygen atoms in total. The van der Waals surface area contributed by atoms with Crippen LogP contribution in [0.25, 0.3) is 6.08 Å². The van der Waals surface area contributed by atoms with Crippen LogP contribution >= 0.6 is 0 Å². The van der Waals surface area contributed by atoms with Crippen LogP contribution in [0.15, 0.2) is 59.5 Å². The number of nitro benzene ring substituents is 1. The lowest BCUT2D eigenvalue weighted by atomic mass is 10.1. The number of sulfone groups is 1. The number of rotatable bonds is 6. The average molecular weight is 388 g/mol. The second kappa shape index (κ2) is 8.13. The van der Waals surface area contributed by atoms with Crippen molar-refractivity contribution in [3.63, 3.8) is 0 Å². The molecular formula is C19H20N2O5S. The number of benzene rings is 2. The van der Waals surface area contributed by atoms with Gasteiger partial charge in [0, 0.05) is 25.4 Å². The van der Waals surface area contributed by atoms with Gasteiger partial charge in [0.2, 0.25) is 5.91 Å². The summed E-state index contributed by atoms with van der Waals surface area (Å²) in [5, 5.41) is 11.0. The van der Waals surface area contributed by atoms with E-state index in [1.54, 1.807) is 37.4 Å². The fourth-order valence-corrected chi connectivity index (χ4v) is 3.11. The number of hydrogen-bond donors (Lipinski definition) is 0. The van der Waals surface area contributed by atoms with Crippen molar-refractivity contribution < 1.29 is 18.1 Å². The molecule has 0 saturated heterocycles.